The van der Waals surface area contributed by atoms with E-state index < -0.39 is 0 Å². The summed E-state index contributed by atoms with van der Waals surface area (Å²) in [4.78, 5) is 28.4. The maximum atomic E-state index is 12.6. The summed E-state index contributed by atoms with van der Waals surface area (Å²) < 4.78 is 5.79. The standard InChI is InChI=1S/C22H19N3O3/c1-23-21(26)15-4-2-3-14(9-15)11-25-22(27)16-5-6-19-18-7-8-24-12-17(18)13-28-20(19)10-16/h2-10,12H,11,13H2,1H3,(H,23,26)(H,25,27). The first-order valence-electron chi connectivity index (χ1n) is 8.95. The molecule has 3 aromatic rings. The Bertz CT molecular complexity index is 1060. The lowest BCUT2D eigenvalue weighted by molar-refractivity contribution is 0.0948. The molecule has 28 heavy (non-hydrogen) atoms. The minimum absolute atomic E-state index is 0.157. The van der Waals surface area contributed by atoms with E-state index >= 15 is 0 Å². The predicted octanol–water partition coefficient (Wildman–Crippen LogP) is 2.93. The Hall–Kier alpha value is -3.67. The summed E-state index contributed by atoms with van der Waals surface area (Å²) in [7, 11) is 1.59. The number of benzene rings is 2. The van der Waals surface area contributed by atoms with Crippen LogP contribution in [0.3, 0.4) is 0 Å². The van der Waals surface area contributed by atoms with Crippen LogP contribution in [0.1, 0.15) is 31.8 Å². The highest BCUT2D eigenvalue weighted by Crippen LogP contribution is 2.37. The SMILES string of the molecule is CNC(=O)c1cccc(CNC(=O)c2ccc3c(c2)OCc2cnccc2-3)c1. The first-order valence-corrected chi connectivity index (χ1v) is 8.95. The van der Waals surface area contributed by atoms with Crippen LogP contribution < -0.4 is 15.4 Å². The number of amides is 2. The number of nitrogens with one attached hydrogen (secondary N) is 2. The number of pyridine rings is 1. The molecular formula is C22H19N3O3. The minimum atomic E-state index is -0.197. The lowest BCUT2D eigenvalue weighted by Crippen LogP contribution is -2.23. The molecule has 0 atom stereocenters. The van der Waals surface area contributed by atoms with Crippen LogP contribution in [-0.2, 0) is 13.2 Å². The second kappa shape index (κ2) is 7.52. The summed E-state index contributed by atoms with van der Waals surface area (Å²) >= 11 is 0. The number of hydrogen-bond donors (Lipinski definition) is 2. The van der Waals surface area contributed by atoms with Gasteiger partial charge in [0, 0.05) is 48.2 Å². The maximum Gasteiger partial charge on any atom is 0.251 e. The lowest BCUT2D eigenvalue weighted by atomic mass is 9.97. The van der Waals surface area contributed by atoms with Crippen molar-refractivity contribution in [3.8, 4) is 16.9 Å². The van der Waals surface area contributed by atoms with Crippen molar-refractivity contribution in [1.29, 1.82) is 0 Å². The van der Waals surface area contributed by atoms with Gasteiger partial charge in [-0.2, -0.15) is 0 Å². The van der Waals surface area contributed by atoms with Crippen LogP contribution >= 0.6 is 0 Å². The van der Waals surface area contributed by atoms with Crippen LogP contribution in [0, 0.1) is 0 Å². The molecule has 0 radical (unpaired) electrons. The molecule has 2 heterocycles. The molecular weight excluding hydrogens is 354 g/mol. The molecule has 0 aliphatic carbocycles. The normalized spacial score (nSPS) is 11.6. The van der Waals surface area contributed by atoms with E-state index in [1.807, 2.05) is 18.2 Å². The van der Waals surface area contributed by atoms with Crippen molar-refractivity contribution in [1.82, 2.24) is 15.6 Å². The van der Waals surface area contributed by atoms with Crippen molar-refractivity contribution in [2.45, 2.75) is 13.2 Å². The fourth-order valence-electron chi connectivity index (χ4n) is 3.22. The Morgan fingerprint density at radius 2 is 1.89 bits per heavy atom. The Labute approximate surface area is 162 Å². The Morgan fingerprint density at radius 3 is 2.75 bits per heavy atom. The van der Waals surface area contributed by atoms with Crippen LogP contribution in [0.25, 0.3) is 11.1 Å². The highest BCUT2D eigenvalue weighted by atomic mass is 16.5. The molecule has 0 fully saturated rings. The number of hydrogen-bond acceptors (Lipinski definition) is 4. The van der Waals surface area contributed by atoms with Crippen LogP contribution in [0.5, 0.6) is 5.75 Å². The molecule has 0 saturated carbocycles. The lowest BCUT2D eigenvalue weighted by Gasteiger charge is -2.20. The van der Waals surface area contributed by atoms with Crippen LogP contribution in [0.2, 0.25) is 0 Å². The van der Waals surface area contributed by atoms with Crippen molar-refractivity contribution in [2.75, 3.05) is 7.05 Å². The molecule has 1 aliphatic heterocycles. The first-order chi connectivity index (χ1) is 13.7. The highest BCUT2D eigenvalue weighted by molar-refractivity contribution is 5.96. The molecule has 140 valence electrons. The largest absolute Gasteiger partial charge is 0.488 e. The summed E-state index contributed by atoms with van der Waals surface area (Å²) in [6.45, 7) is 0.768. The van der Waals surface area contributed by atoms with Gasteiger partial charge in [0.1, 0.15) is 12.4 Å². The van der Waals surface area contributed by atoms with Crippen molar-refractivity contribution in [3.05, 3.63) is 83.2 Å². The first kappa shape index (κ1) is 17.7. The van der Waals surface area contributed by atoms with Crippen molar-refractivity contribution in [3.63, 3.8) is 0 Å². The summed E-state index contributed by atoms with van der Waals surface area (Å²) in [6, 6.07) is 14.6. The highest BCUT2D eigenvalue weighted by Gasteiger charge is 2.19. The topological polar surface area (TPSA) is 80.3 Å². The number of rotatable bonds is 4. The van der Waals surface area contributed by atoms with Gasteiger partial charge >= 0.3 is 0 Å². The van der Waals surface area contributed by atoms with Gasteiger partial charge in [-0.3, -0.25) is 14.6 Å². The summed E-state index contributed by atoms with van der Waals surface area (Å²) in [5.41, 5.74) is 5.00. The van der Waals surface area contributed by atoms with Gasteiger partial charge in [-0.15, -0.1) is 0 Å². The molecule has 2 N–H and O–H groups in total. The molecule has 6 heteroatoms. The quantitative estimate of drug-likeness (QED) is 0.737. The zero-order chi connectivity index (χ0) is 19.5. The van der Waals surface area contributed by atoms with Crippen LogP contribution in [0.4, 0.5) is 0 Å². The molecule has 2 aromatic carbocycles. The third-order valence-electron chi connectivity index (χ3n) is 4.69. The summed E-state index contributed by atoms with van der Waals surface area (Å²) in [6.07, 6.45) is 3.55. The molecule has 0 bridgehead atoms. The number of fused-ring (bicyclic) bond motifs is 3. The van der Waals surface area contributed by atoms with Gasteiger partial charge in [0.25, 0.3) is 11.8 Å². The van der Waals surface area contributed by atoms with E-state index in [2.05, 4.69) is 15.6 Å². The number of carbonyl (C=O) groups excluding carboxylic acids is 2. The Morgan fingerprint density at radius 1 is 1.04 bits per heavy atom. The van der Waals surface area contributed by atoms with E-state index in [9.17, 15) is 9.59 Å². The van der Waals surface area contributed by atoms with E-state index in [0.717, 1.165) is 22.3 Å². The van der Waals surface area contributed by atoms with Gasteiger partial charge in [0.05, 0.1) is 0 Å². The van der Waals surface area contributed by atoms with Gasteiger partial charge in [-0.1, -0.05) is 12.1 Å². The van der Waals surface area contributed by atoms with Gasteiger partial charge in [-0.25, -0.2) is 0 Å². The third-order valence-corrected chi connectivity index (χ3v) is 4.69. The Balaban J connectivity index is 1.49. The molecule has 0 spiro atoms. The second-order valence-corrected chi connectivity index (χ2v) is 6.49. The van der Waals surface area contributed by atoms with E-state index in [1.54, 1.807) is 49.8 Å². The number of carbonyl (C=O) groups is 2. The van der Waals surface area contributed by atoms with Gasteiger partial charge < -0.3 is 15.4 Å². The smallest absolute Gasteiger partial charge is 0.251 e. The zero-order valence-corrected chi connectivity index (χ0v) is 15.4. The van der Waals surface area contributed by atoms with Crippen molar-refractivity contribution >= 4 is 11.8 Å². The van der Waals surface area contributed by atoms with E-state index in [-0.39, 0.29) is 11.8 Å². The van der Waals surface area contributed by atoms with Crippen molar-refractivity contribution < 1.29 is 14.3 Å². The molecule has 2 amide bonds. The van der Waals surface area contributed by atoms with Gasteiger partial charge in [0.15, 0.2) is 0 Å². The molecule has 0 unspecified atom stereocenters. The summed E-state index contributed by atoms with van der Waals surface area (Å²) in [5, 5.41) is 5.48. The molecule has 1 aromatic heterocycles. The van der Waals surface area contributed by atoms with Gasteiger partial charge in [0.2, 0.25) is 0 Å². The number of ether oxygens (including phenoxy) is 1. The molecule has 0 saturated heterocycles. The van der Waals surface area contributed by atoms with E-state index in [4.69, 9.17) is 4.74 Å². The van der Waals surface area contributed by atoms with E-state index in [0.29, 0.717) is 30.0 Å². The molecule has 6 nitrogen and oxygen atoms in total. The van der Waals surface area contributed by atoms with Crippen LogP contribution in [-0.4, -0.2) is 23.8 Å². The van der Waals surface area contributed by atoms with Gasteiger partial charge in [-0.05, 0) is 47.5 Å². The predicted molar refractivity (Wildman–Crippen MR) is 105 cm³/mol. The van der Waals surface area contributed by atoms with Crippen molar-refractivity contribution in [2.24, 2.45) is 0 Å². The third kappa shape index (κ3) is 3.44. The minimum Gasteiger partial charge on any atom is -0.488 e. The monoisotopic (exact) mass is 373 g/mol. The zero-order valence-electron chi connectivity index (χ0n) is 15.4. The average Bonchev–Trinajstić information content (AvgIpc) is 2.76. The average molecular weight is 373 g/mol. The fourth-order valence-corrected chi connectivity index (χ4v) is 3.22. The fraction of sp³-hybridized carbons (Fsp3) is 0.136. The molecule has 1 aliphatic rings. The summed E-state index contributed by atoms with van der Waals surface area (Å²) in [5.74, 6) is 0.334. The van der Waals surface area contributed by atoms with E-state index in [1.165, 1.54) is 0 Å². The second-order valence-electron chi connectivity index (χ2n) is 6.49. The van der Waals surface area contributed by atoms with Crippen LogP contribution in [0.15, 0.2) is 60.9 Å². The maximum absolute atomic E-state index is 12.6. The number of nitrogens with zero attached hydrogens (tertiary/aromatic N) is 1. The number of aromatic nitrogens is 1. The molecule has 4 rings (SSSR count). The Kier molecular flexibility index (Phi) is 4.76.